The van der Waals surface area contributed by atoms with Crippen LogP contribution in [0.2, 0.25) is 5.02 Å². The lowest BCUT2D eigenvalue weighted by molar-refractivity contribution is -0.138. The molecule has 1 aromatic rings. The van der Waals surface area contributed by atoms with Gasteiger partial charge in [-0.1, -0.05) is 28.9 Å². The third-order valence-corrected chi connectivity index (χ3v) is 4.54. The Morgan fingerprint density at radius 1 is 1.29 bits per heavy atom. The van der Waals surface area contributed by atoms with E-state index in [1.54, 1.807) is 24.0 Å². The van der Waals surface area contributed by atoms with E-state index in [1.807, 2.05) is 12.1 Å². The van der Waals surface area contributed by atoms with Crippen molar-refractivity contribution in [2.24, 2.45) is 5.16 Å². The van der Waals surface area contributed by atoms with E-state index in [-0.39, 0.29) is 11.8 Å². The lowest BCUT2D eigenvalue weighted by Crippen LogP contribution is -2.48. The normalized spacial score (nSPS) is 21.2. The van der Waals surface area contributed by atoms with Crippen molar-refractivity contribution >= 4 is 29.1 Å². The van der Waals surface area contributed by atoms with Crippen molar-refractivity contribution < 1.29 is 14.4 Å². The smallest absolute Gasteiger partial charge is 0.264 e. The first-order valence-corrected chi connectivity index (χ1v) is 8.50. The summed E-state index contributed by atoms with van der Waals surface area (Å²) in [6.45, 7) is 3.24. The maximum absolute atomic E-state index is 12.3. The number of amides is 2. The molecule has 1 fully saturated rings. The summed E-state index contributed by atoms with van der Waals surface area (Å²) in [6, 6.07) is 6.65. The number of hydrogen-bond donors (Lipinski definition) is 1. The highest BCUT2D eigenvalue weighted by molar-refractivity contribution is 6.30. The lowest BCUT2D eigenvalue weighted by atomic mass is 10.0. The van der Waals surface area contributed by atoms with Crippen LogP contribution in [0, 0.1) is 0 Å². The van der Waals surface area contributed by atoms with E-state index >= 15 is 0 Å². The number of carbonyl (C=O) groups excluding carboxylic acids is 2. The minimum atomic E-state index is -0.704. The molecule has 2 amide bonds. The third kappa shape index (κ3) is 3.70. The van der Waals surface area contributed by atoms with Gasteiger partial charge in [0.15, 0.2) is 0 Å². The molecule has 0 unspecified atom stereocenters. The van der Waals surface area contributed by atoms with Crippen molar-refractivity contribution in [3.63, 3.8) is 0 Å². The fraction of sp³-hybridized carbons (Fsp3) is 0.471. The summed E-state index contributed by atoms with van der Waals surface area (Å²) in [5.41, 5.74) is 1.57. The van der Waals surface area contributed by atoms with E-state index in [1.165, 1.54) is 0 Å². The molecule has 0 saturated carbocycles. The number of oxime groups is 1. The highest BCUT2D eigenvalue weighted by Crippen LogP contribution is 2.19. The molecule has 2 heterocycles. The zero-order valence-electron chi connectivity index (χ0n) is 13.5. The van der Waals surface area contributed by atoms with Crippen LogP contribution in [0.1, 0.15) is 31.7 Å². The Morgan fingerprint density at radius 3 is 2.62 bits per heavy atom. The van der Waals surface area contributed by atoms with Crippen LogP contribution in [0.25, 0.3) is 0 Å². The first kappa shape index (κ1) is 16.8. The van der Waals surface area contributed by atoms with Gasteiger partial charge in [-0.15, -0.1) is 0 Å². The highest BCUT2D eigenvalue weighted by atomic mass is 35.5. The van der Waals surface area contributed by atoms with Crippen LogP contribution in [-0.4, -0.2) is 47.7 Å². The number of rotatable bonds is 4. The maximum Gasteiger partial charge on any atom is 0.264 e. The monoisotopic (exact) mass is 349 g/mol. The van der Waals surface area contributed by atoms with Crippen molar-refractivity contribution in [3.05, 3.63) is 34.9 Å². The van der Waals surface area contributed by atoms with Gasteiger partial charge in [-0.25, -0.2) is 0 Å². The second-order valence-corrected chi connectivity index (χ2v) is 6.54. The van der Waals surface area contributed by atoms with Gasteiger partial charge >= 0.3 is 0 Å². The predicted octanol–water partition coefficient (Wildman–Crippen LogP) is 1.96. The highest BCUT2D eigenvalue weighted by Gasteiger charge is 2.32. The molecule has 7 heteroatoms. The van der Waals surface area contributed by atoms with Crippen LogP contribution in [0.4, 0.5) is 0 Å². The van der Waals surface area contributed by atoms with Crippen LogP contribution in [0.5, 0.6) is 0 Å². The average molecular weight is 350 g/mol. The summed E-state index contributed by atoms with van der Waals surface area (Å²) >= 11 is 5.87. The van der Waals surface area contributed by atoms with Crippen molar-refractivity contribution in [1.82, 2.24) is 10.2 Å². The molecular formula is C17H20ClN3O3. The molecule has 0 radical (unpaired) electrons. The van der Waals surface area contributed by atoms with Gasteiger partial charge in [-0.05, 0) is 37.5 Å². The molecule has 1 aromatic carbocycles. The molecule has 1 N–H and O–H groups in total. The molecule has 24 heavy (non-hydrogen) atoms. The zero-order valence-corrected chi connectivity index (χ0v) is 14.3. The van der Waals surface area contributed by atoms with Crippen molar-refractivity contribution in [2.75, 3.05) is 13.1 Å². The van der Waals surface area contributed by atoms with E-state index in [0.717, 1.165) is 31.5 Å². The van der Waals surface area contributed by atoms with Gasteiger partial charge < -0.3 is 15.1 Å². The Labute approximate surface area is 145 Å². The first-order chi connectivity index (χ1) is 11.5. The third-order valence-electron chi connectivity index (χ3n) is 4.29. The molecule has 2 aliphatic rings. The van der Waals surface area contributed by atoms with Gasteiger partial charge in [0.2, 0.25) is 12.0 Å². The van der Waals surface area contributed by atoms with Crippen LogP contribution >= 0.6 is 11.6 Å². The SMILES string of the molecule is C[C@@H](NC(=O)[C@@H]1CC(c2ccc(Cl)cc2)=NO1)C(=O)N1CCCC1. The molecule has 0 aliphatic carbocycles. The summed E-state index contributed by atoms with van der Waals surface area (Å²) in [4.78, 5) is 31.6. The second-order valence-electron chi connectivity index (χ2n) is 6.11. The molecule has 0 spiro atoms. The molecule has 2 atom stereocenters. The van der Waals surface area contributed by atoms with Crippen LogP contribution in [-0.2, 0) is 14.4 Å². The number of halogens is 1. The molecular weight excluding hydrogens is 330 g/mol. The zero-order chi connectivity index (χ0) is 17.1. The molecule has 6 nitrogen and oxygen atoms in total. The summed E-state index contributed by atoms with van der Waals surface area (Å²) in [7, 11) is 0. The van der Waals surface area contributed by atoms with E-state index in [9.17, 15) is 9.59 Å². The lowest BCUT2D eigenvalue weighted by Gasteiger charge is -2.21. The summed E-state index contributed by atoms with van der Waals surface area (Å²) in [5, 5.41) is 7.36. The summed E-state index contributed by atoms with van der Waals surface area (Å²) in [5.74, 6) is -0.361. The van der Waals surface area contributed by atoms with Crippen LogP contribution in [0.15, 0.2) is 29.4 Å². The van der Waals surface area contributed by atoms with E-state index in [4.69, 9.17) is 16.4 Å². The number of hydrogen-bond acceptors (Lipinski definition) is 4. The number of benzene rings is 1. The van der Waals surface area contributed by atoms with Crippen molar-refractivity contribution in [2.45, 2.75) is 38.3 Å². The number of carbonyl (C=O) groups is 2. The van der Waals surface area contributed by atoms with Gasteiger partial charge in [-0.2, -0.15) is 0 Å². The topological polar surface area (TPSA) is 71.0 Å². The molecule has 2 aliphatic heterocycles. The van der Waals surface area contributed by atoms with Gasteiger partial charge in [0.1, 0.15) is 6.04 Å². The fourth-order valence-corrected chi connectivity index (χ4v) is 3.04. The summed E-state index contributed by atoms with van der Waals surface area (Å²) in [6.07, 6.45) is 1.72. The number of nitrogens with zero attached hydrogens (tertiary/aromatic N) is 2. The molecule has 3 rings (SSSR count). The second kappa shape index (κ2) is 7.21. The van der Waals surface area contributed by atoms with E-state index in [2.05, 4.69) is 10.5 Å². The standard InChI is InChI=1S/C17H20ClN3O3/c1-11(17(23)21-8-2-3-9-21)19-16(22)15-10-14(20-24-15)12-4-6-13(18)7-5-12/h4-7,11,15H,2-3,8-10H2,1H3,(H,19,22)/t11-,15+/m1/s1. The minimum Gasteiger partial charge on any atom is -0.382 e. The van der Waals surface area contributed by atoms with E-state index in [0.29, 0.717) is 17.2 Å². The Bertz CT molecular complexity index is 654. The fourth-order valence-electron chi connectivity index (χ4n) is 2.91. The van der Waals surface area contributed by atoms with Gasteiger partial charge in [0, 0.05) is 24.5 Å². The van der Waals surface area contributed by atoms with Crippen LogP contribution < -0.4 is 5.32 Å². The van der Waals surface area contributed by atoms with Crippen molar-refractivity contribution in [3.8, 4) is 0 Å². The van der Waals surface area contributed by atoms with Crippen LogP contribution in [0.3, 0.4) is 0 Å². The Morgan fingerprint density at radius 2 is 1.96 bits per heavy atom. The Hall–Kier alpha value is -2.08. The van der Waals surface area contributed by atoms with Gasteiger partial charge in [0.25, 0.3) is 5.91 Å². The quantitative estimate of drug-likeness (QED) is 0.903. The predicted molar refractivity (Wildman–Crippen MR) is 90.9 cm³/mol. The maximum atomic E-state index is 12.3. The summed E-state index contributed by atoms with van der Waals surface area (Å²) < 4.78 is 0. The Balaban J connectivity index is 1.53. The average Bonchev–Trinajstić information content (AvgIpc) is 3.26. The van der Waals surface area contributed by atoms with Gasteiger partial charge in [0.05, 0.1) is 5.71 Å². The minimum absolute atomic E-state index is 0.0438. The van der Waals surface area contributed by atoms with Gasteiger partial charge in [-0.3, -0.25) is 9.59 Å². The molecule has 1 saturated heterocycles. The Kier molecular flexibility index (Phi) is 5.04. The van der Waals surface area contributed by atoms with E-state index < -0.39 is 12.1 Å². The molecule has 128 valence electrons. The number of likely N-dealkylation sites (tertiary alicyclic amines) is 1. The molecule has 0 bridgehead atoms. The molecule has 0 aromatic heterocycles. The van der Waals surface area contributed by atoms with Crippen molar-refractivity contribution in [1.29, 1.82) is 0 Å². The number of nitrogens with one attached hydrogen (secondary N) is 1. The first-order valence-electron chi connectivity index (χ1n) is 8.12. The largest absolute Gasteiger partial charge is 0.382 e.